The first kappa shape index (κ1) is 16.5. The molecule has 4 heteroatoms. The number of amides is 2. The lowest BCUT2D eigenvalue weighted by atomic mass is 10.1. The van der Waals surface area contributed by atoms with Crippen LogP contribution in [0.15, 0.2) is 78.9 Å². The van der Waals surface area contributed by atoms with Crippen LogP contribution in [0, 0.1) is 0 Å². The minimum Gasteiger partial charge on any atom is -0.326 e. The van der Waals surface area contributed by atoms with Gasteiger partial charge >= 0.3 is 0 Å². The zero-order valence-corrected chi connectivity index (χ0v) is 13.8. The largest absolute Gasteiger partial charge is 0.326 e. The van der Waals surface area contributed by atoms with E-state index in [9.17, 15) is 9.59 Å². The minimum absolute atomic E-state index is 0.143. The van der Waals surface area contributed by atoms with Crippen LogP contribution in [0.25, 0.3) is 11.1 Å². The molecule has 2 amide bonds. The van der Waals surface area contributed by atoms with Gasteiger partial charge in [0.1, 0.15) is 0 Å². The molecule has 0 aromatic heterocycles. The Bertz CT molecular complexity index is 870. The van der Waals surface area contributed by atoms with Crippen molar-refractivity contribution >= 4 is 23.2 Å². The van der Waals surface area contributed by atoms with Gasteiger partial charge in [-0.05, 0) is 47.5 Å². The maximum atomic E-state index is 12.3. The standard InChI is InChI=1S/C21H18N2O2/c1-15(24)22-19-13-9-18(10-14-19)21(25)23-20-11-7-17(8-12-20)16-5-3-2-4-6-16/h2-14H,1H3,(H,22,24)(H,23,25). The Balaban J connectivity index is 1.67. The first-order valence-corrected chi connectivity index (χ1v) is 7.96. The van der Waals surface area contributed by atoms with Gasteiger partial charge in [-0.3, -0.25) is 9.59 Å². The summed E-state index contributed by atoms with van der Waals surface area (Å²) in [4.78, 5) is 23.3. The monoisotopic (exact) mass is 330 g/mol. The number of carbonyl (C=O) groups excluding carboxylic acids is 2. The zero-order valence-electron chi connectivity index (χ0n) is 13.8. The Morgan fingerprint density at radius 1 is 0.640 bits per heavy atom. The van der Waals surface area contributed by atoms with E-state index in [0.29, 0.717) is 11.3 Å². The molecule has 0 saturated heterocycles. The van der Waals surface area contributed by atoms with Gasteiger partial charge < -0.3 is 10.6 Å². The summed E-state index contributed by atoms with van der Waals surface area (Å²) in [7, 11) is 0. The summed E-state index contributed by atoms with van der Waals surface area (Å²) in [6.07, 6.45) is 0. The Labute approximate surface area is 146 Å². The van der Waals surface area contributed by atoms with E-state index in [1.165, 1.54) is 6.92 Å². The van der Waals surface area contributed by atoms with Crippen molar-refractivity contribution in [2.24, 2.45) is 0 Å². The van der Waals surface area contributed by atoms with Gasteiger partial charge in [0, 0.05) is 23.9 Å². The van der Waals surface area contributed by atoms with Crippen molar-refractivity contribution in [3.05, 3.63) is 84.4 Å². The Morgan fingerprint density at radius 2 is 1.16 bits per heavy atom. The molecule has 0 heterocycles. The fourth-order valence-corrected chi connectivity index (χ4v) is 2.49. The third-order valence-electron chi connectivity index (χ3n) is 3.72. The highest BCUT2D eigenvalue weighted by Gasteiger charge is 2.07. The molecule has 0 aliphatic carbocycles. The van der Waals surface area contributed by atoms with Crippen LogP contribution < -0.4 is 10.6 Å². The normalized spacial score (nSPS) is 10.1. The molecule has 4 nitrogen and oxygen atoms in total. The summed E-state index contributed by atoms with van der Waals surface area (Å²) in [6.45, 7) is 1.44. The van der Waals surface area contributed by atoms with Crippen molar-refractivity contribution < 1.29 is 9.59 Å². The summed E-state index contributed by atoms with van der Waals surface area (Å²) in [5, 5.41) is 5.54. The minimum atomic E-state index is -0.193. The highest BCUT2D eigenvalue weighted by molar-refractivity contribution is 6.04. The molecule has 3 aromatic rings. The van der Waals surface area contributed by atoms with Crippen LogP contribution in [0.3, 0.4) is 0 Å². The number of rotatable bonds is 4. The molecular weight excluding hydrogens is 312 g/mol. The SMILES string of the molecule is CC(=O)Nc1ccc(C(=O)Nc2ccc(-c3ccccc3)cc2)cc1. The lowest BCUT2D eigenvalue weighted by Gasteiger charge is -2.08. The molecule has 25 heavy (non-hydrogen) atoms. The van der Waals surface area contributed by atoms with Gasteiger partial charge in [0.2, 0.25) is 5.91 Å². The molecule has 0 aliphatic rings. The van der Waals surface area contributed by atoms with Gasteiger partial charge in [0.05, 0.1) is 0 Å². The smallest absolute Gasteiger partial charge is 0.255 e. The molecule has 0 aliphatic heterocycles. The first-order chi connectivity index (χ1) is 12.1. The fraction of sp³-hybridized carbons (Fsp3) is 0.0476. The number of anilines is 2. The Kier molecular flexibility index (Phi) is 4.90. The highest BCUT2D eigenvalue weighted by Crippen LogP contribution is 2.21. The summed E-state index contributed by atoms with van der Waals surface area (Å²) in [6, 6.07) is 24.5. The zero-order chi connectivity index (χ0) is 17.6. The van der Waals surface area contributed by atoms with Gasteiger partial charge in [-0.1, -0.05) is 42.5 Å². The van der Waals surface area contributed by atoms with E-state index in [1.807, 2.05) is 54.6 Å². The first-order valence-electron chi connectivity index (χ1n) is 7.96. The number of nitrogens with one attached hydrogen (secondary N) is 2. The van der Waals surface area contributed by atoms with E-state index < -0.39 is 0 Å². The van der Waals surface area contributed by atoms with Gasteiger partial charge in [0.15, 0.2) is 0 Å². The van der Waals surface area contributed by atoms with E-state index in [-0.39, 0.29) is 11.8 Å². The molecule has 0 unspecified atom stereocenters. The van der Waals surface area contributed by atoms with E-state index >= 15 is 0 Å². The van der Waals surface area contributed by atoms with E-state index in [0.717, 1.165) is 16.8 Å². The van der Waals surface area contributed by atoms with Crippen molar-refractivity contribution in [2.45, 2.75) is 6.92 Å². The summed E-state index contributed by atoms with van der Waals surface area (Å²) in [5.41, 5.74) is 4.15. The molecule has 0 fully saturated rings. The van der Waals surface area contributed by atoms with Crippen LogP contribution >= 0.6 is 0 Å². The van der Waals surface area contributed by atoms with E-state index in [2.05, 4.69) is 10.6 Å². The number of carbonyl (C=O) groups is 2. The van der Waals surface area contributed by atoms with E-state index in [1.54, 1.807) is 24.3 Å². The molecule has 0 bridgehead atoms. The van der Waals surface area contributed by atoms with Crippen LogP contribution in [0.5, 0.6) is 0 Å². The maximum Gasteiger partial charge on any atom is 0.255 e. The van der Waals surface area contributed by atoms with Crippen molar-refractivity contribution in [3.63, 3.8) is 0 Å². The molecular formula is C21H18N2O2. The lowest BCUT2D eigenvalue weighted by Crippen LogP contribution is -2.12. The van der Waals surface area contributed by atoms with Gasteiger partial charge in [-0.15, -0.1) is 0 Å². The molecule has 0 spiro atoms. The average molecular weight is 330 g/mol. The van der Waals surface area contributed by atoms with Crippen molar-refractivity contribution in [1.82, 2.24) is 0 Å². The number of benzene rings is 3. The maximum absolute atomic E-state index is 12.3. The Hall–Kier alpha value is -3.40. The topological polar surface area (TPSA) is 58.2 Å². The second-order valence-electron chi connectivity index (χ2n) is 5.66. The van der Waals surface area contributed by atoms with Crippen LogP contribution in [-0.2, 0) is 4.79 Å². The van der Waals surface area contributed by atoms with Gasteiger partial charge in [-0.2, -0.15) is 0 Å². The molecule has 0 radical (unpaired) electrons. The highest BCUT2D eigenvalue weighted by atomic mass is 16.2. The van der Waals surface area contributed by atoms with Crippen LogP contribution in [0.2, 0.25) is 0 Å². The Morgan fingerprint density at radius 3 is 1.76 bits per heavy atom. The number of hydrogen-bond donors (Lipinski definition) is 2. The third kappa shape index (κ3) is 4.32. The molecule has 3 rings (SSSR count). The molecule has 124 valence electrons. The lowest BCUT2D eigenvalue weighted by molar-refractivity contribution is -0.114. The van der Waals surface area contributed by atoms with Crippen molar-refractivity contribution in [1.29, 1.82) is 0 Å². The predicted octanol–water partition coefficient (Wildman–Crippen LogP) is 4.56. The number of hydrogen-bond acceptors (Lipinski definition) is 2. The summed E-state index contributed by atoms with van der Waals surface area (Å²) < 4.78 is 0. The molecule has 2 N–H and O–H groups in total. The molecule has 3 aromatic carbocycles. The molecule has 0 saturated carbocycles. The van der Waals surface area contributed by atoms with Gasteiger partial charge in [-0.25, -0.2) is 0 Å². The van der Waals surface area contributed by atoms with Gasteiger partial charge in [0.25, 0.3) is 5.91 Å². The van der Waals surface area contributed by atoms with Crippen LogP contribution in [0.1, 0.15) is 17.3 Å². The quantitative estimate of drug-likeness (QED) is 0.736. The van der Waals surface area contributed by atoms with Crippen LogP contribution in [0.4, 0.5) is 11.4 Å². The second kappa shape index (κ2) is 7.45. The van der Waals surface area contributed by atoms with Crippen LogP contribution in [-0.4, -0.2) is 11.8 Å². The summed E-state index contributed by atoms with van der Waals surface area (Å²) >= 11 is 0. The van der Waals surface area contributed by atoms with Crippen molar-refractivity contribution in [2.75, 3.05) is 10.6 Å². The van der Waals surface area contributed by atoms with E-state index in [4.69, 9.17) is 0 Å². The fourth-order valence-electron chi connectivity index (χ4n) is 2.49. The molecule has 0 atom stereocenters. The average Bonchev–Trinajstić information content (AvgIpc) is 2.63. The second-order valence-corrected chi connectivity index (χ2v) is 5.66. The summed E-state index contributed by atoms with van der Waals surface area (Å²) in [5.74, 6) is -0.336. The predicted molar refractivity (Wildman–Crippen MR) is 101 cm³/mol. The third-order valence-corrected chi connectivity index (χ3v) is 3.72. The van der Waals surface area contributed by atoms with Crippen molar-refractivity contribution in [3.8, 4) is 11.1 Å².